The third kappa shape index (κ3) is 7.84. The number of hydrogen-bond acceptors (Lipinski definition) is 3. The summed E-state index contributed by atoms with van der Waals surface area (Å²) in [4.78, 5) is 13.1. The summed E-state index contributed by atoms with van der Waals surface area (Å²) in [5, 5.41) is 17.1. The summed E-state index contributed by atoms with van der Waals surface area (Å²) >= 11 is 0. The Morgan fingerprint density at radius 3 is 2.40 bits per heavy atom. The van der Waals surface area contributed by atoms with E-state index >= 15 is 0 Å². The first-order valence-corrected chi connectivity index (χ1v) is 12.1. The molecule has 0 heterocycles. The highest BCUT2D eigenvalue weighted by atomic mass is 19.1. The van der Waals surface area contributed by atoms with Crippen LogP contribution in [0.4, 0.5) is 14.5 Å². The quantitative estimate of drug-likeness (QED) is 0.433. The van der Waals surface area contributed by atoms with E-state index in [-0.39, 0.29) is 18.4 Å². The molecule has 0 aliphatic heterocycles. The first-order valence-electron chi connectivity index (χ1n) is 12.1. The number of hydrogen-bond donors (Lipinski definition) is 3. The number of para-hydroxylation sites is 1. The second-order valence-corrected chi connectivity index (χ2v) is 10.4. The molecule has 6 heteroatoms. The van der Waals surface area contributed by atoms with Crippen LogP contribution in [0.15, 0.2) is 71.8 Å². The number of carbonyl (C=O) groups is 1. The Bertz CT molecular complexity index is 1050. The third-order valence-corrected chi connectivity index (χ3v) is 6.43. The number of rotatable bonds is 9. The molecule has 2 aromatic carbocycles. The van der Waals surface area contributed by atoms with Gasteiger partial charge in [-0.1, -0.05) is 63.6 Å². The zero-order valence-corrected chi connectivity index (χ0v) is 20.9. The molecule has 1 aliphatic carbocycles. The Balaban J connectivity index is 1.70. The van der Waals surface area contributed by atoms with E-state index < -0.39 is 29.6 Å². The lowest BCUT2D eigenvalue weighted by Gasteiger charge is -2.28. The van der Waals surface area contributed by atoms with Gasteiger partial charge in [0.1, 0.15) is 11.6 Å². The Morgan fingerprint density at radius 1 is 1.11 bits per heavy atom. The lowest BCUT2D eigenvalue weighted by molar-refractivity contribution is -0.123. The molecule has 0 aromatic heterocycles. The molecule has 35 heavy (non-hydrogen) atoms. The van der Waals surface area contributed by atoms with Gasteiger partial charge in [-0.05, 0) is 59.6 Å². The van der Waals surface area contributed by atoms with Crippen molar-refractivity contribution in [3.05, 3.63) is 89.0 Å². The smallest absolute Gasteiger partial charge is 0.230 e. The lowest BCUT2D eigenvalue weighted by atomic mass is 9.79. The van der Waals surface area contributed by atoms with Crippen LogP contribution in [0.25, 0.3) is 0 Å². The first-order chi connectivity index (χ1) is 16.5. The van der Waals surface area contributed by atoms with Crippen LogP contribution < -0.4 is 10.6 Å². The molecule has 1 aliphatic rings. The van der Waals surface area contributed by atoms with E-state index in [4.69, 9.17) is 0 Å². The molecule has 188 valence electrons. The molecule has 0 spiro atoms. The van der Waals surface area contributed by atoms with Crippen LogP contribution >= 0.6 is 0 Å². The monoisotopic (exact) mass is 482 g/mol. The minimum atomic E-state index is -1.05. The van der Waals surface area contributed by atoms with Gasteiger partial charge in [0.2, 0.25) is 5.91 Å². The maximum Gasteiger partial charge on any atom is 0.230 e. The van der Waals surface area contributed by atoms with Crippen molar-refractivity contribution in [1.29, 1.82) is 0 Å². The summed E-state index contributed by atoms with van der Waals surface area (Å²) < 4.78 is 27.5. The molecule has 0 saturated heterocycles. The summed E-state index contributed by atoms with van der Waals surface area (Å²) in [7, 11) is 0. The van der Waals surface area contributed by atoms with Gasteiger partial charge in [0.25, 0.3) is 0 Å². The van der Waals surface area contributed by atoms with Crippen molar-refractivity contribution in [2.75, 3.05) is 18.4 Å². The van der Waals surface area contributed by atoms with Crippen molar-refractivity contribution in [2.45, 2.75) is 46.6 Å². The number of carbonyl (C=O) groups excluding carboxylic acids is 1. The summed E-state index contributed by atoms with van der Waals surface area (Å²) in [6, 6.07) is 12.1. The average Bonchev–Trinajstić information content (AvgIpc) is 2.77. The minimum Gasteiger partial charge on any atom is -0.391 e. The SMILES string of the molecule is CC1CC=C(C(C)(C)C)C=C1CNCC(O)C(Cc1cc(F)cc(F)c1)C(=O)Nc1ccccc1. The topological polar surface area (TPSA) is 61.4 Å². The zero-order valence-electron chi connectivity index (χ0n) is 20.9. The van der Waals surface area contributed by atoms with E-state index in [1.165, 1.54) is 23.3 Å². The molecule has 4 nitrogen and oxygen atoms in total. The van der Waals surface area contributed by atoms with Gasteiger partial charge >= 0.3 is 0 Å². The van der Waals surface area contributed by atoms with E-state index in [9.17, 15) is 18.7 Å². The van der Waals surface area contributed by atoms with Crippen LogP contribution in [-0.4, -0.2) is 30.2 Å². The molecule has 0 radical (unpaired) electrons. The van der Waals surface area contributed by atoms with Crippen molar-refractivity contribution >= 4 is 11.6 Å². The molecule has 3 N–H and O–H groups in total. The Hall–Kier alpha value is -2.83. The highest BCUT2D eigenvalue weighted by Gasteiger charge is 2.28. The van der Waals surface area contributed by atoms with Gasteiger partial charge in [-0.3, -0.25) is 4.79 Å². The number of aliphatic hydroxyl groups excluding tert-OH is 1. The van der Waals surface area contributed by atoms with Crippen LogP contribution in [0.3, 0.4) is 0 Å². The number of amides is 1. The second-order valence-electron chi connectivity index (χ2n) is 10.4. The van der Waals surface area contributed by atoms with Gasteiger partial charge in [-0.25, -0.2) is 8.78 Å². The molecular formula is C29H36F2N2O2. The fourth-order valence-electron chi connectivity index (χ4n) is 4.25. The number of anilines is 1. The molecule has 3 unspecified atom stereocenters. The molecule has 1 amide bonds. The fourth-order valence-corrected chi connectivity index (χ4v) is 4.25. The summed E-state index contributed by atoms with van der Waals surface area (Å²) in [6.45, 7) is 9.49. The van der Waals surface area contributed by atoms with Crippen LogP contribution in [0.2, 0.25) is 0 Å². The van der Waals surface area contributed by atoms with Gasteiger partial charge in [-0.15, -0.1) is 0 Å². The van der Waals surface area contributed by atoms with Crippen LogP contribution in [0, 0.1) is 28.9 Å². The molecule has 0 saturated carbocycles. The fraction of sp³-hybridized carbons (Fsp3) is 0.414. The van der Waals surface area contributed by atoms with Gasteiger partial charge in [0, 0.05) is 24.8 Å². The van der Waals surface area contributed by atoms with E-state index in [0.717, 1.165) is 12.5 Å². The van der Waals surface area contributed by atoms with Crippen LogP contribution in [-0.2, 0) is 11.2 Å². The molecular weight excluding hydrogens is 446 g/mol. The largest absolute Gasteiger partial charge is 0.391 e. The predicted molar refractivity (Wildman–Crippen MR) is 137 cm³/mol. The number of halogens is 2. The van der Waals surface area contributed by atoms with Gasteiger partial charge < -0.3 is 15.7 Å². The maximum absolute atomic E-state index is 13.8. The predicted octanol–water partition coefficient (Wildman–Crippen LogP) is 5.65. The number of nitrogens with one attached hydrogen (secondary N) is 2. The van der Waals surface area contributed by atoms with Crippen molar-refractivity contribution in [2.24, 2.45) is 17.3 Å². The van der Waals surface area contributed by atoms with Gasteiger partial charge in [-0.2, -0.15) is 0 Å². The first kappa shape index (κ1) is 26.8. The zero-order chi connectivity index (χ0) is 25.6. The number of benzene rings is 2. The summed E-state index contributed by atoms with van der Waals surface area (Å²) in [5.74, 6) is -2.34. The lowest BCUT2D eigenvalue weighted by Crippen LogP contribution is -2.41. The van der Waals surface area contributed by atoms with E-state index in [2.05, 4.69) is 50.5 Å². The number of allylic oxidation sites excluding steroid dienone is 3. The minimum absolute atomic E-state index is 0.00615. The summed E-state index contributed by atoms with van der Waals surface area (Å²) in [6.07, 6.45) is 4.43. The summed E-state index contributed by atoms with van der Waals surface area (Å²) in [5.41, 5.74) is 3.52. The Kier molecular flexibility index (Phi) is 8.98. The molecule has 3 atom stereocenters. The standard InChI is InChI=1S/C29H36F2N2O2/c1-19-10-11-22(29(2,3)4)15-21(19)17-32-18-27(34)26(14-20-12-23(30)16-24(31)13-20)28(35)33-25-8-6-5-7-9-25/h5-9,11-13,15-16,19,26-27,32,34H,10,14,17-18H2,1-4H3,(H,33,35). The van der Waals surface area contributed by atoms with Gasteiger partial charge in [0.15, 0.2) is 0 Å². The highest BCUT2D eigenvalue weighted by Crippen LogP contribution is 2.33. The molecule has 3 rings (SSSR count). The third-order valence-electron chi connectivity index (χ3n) is 6.43. The van der Waals surface area contributed by atoms with Crippen molar-refractivity contribution < 1.29 is 18.7 Å². The normalized spacial score (nSPS) is 17.9. The molecule has 2 aromatic rings. The van der Waals surface area contributed by atoms with E-state index in [1.807, 2.05) is 6.07 Å². The average molecular weight is 483 g/mol. The van der Waals surface area contributed by atoms with Gasteiger partial charge in [0.05, 0.1) is 12.0 Å². The highest BCUT2D eigenvalue weighted by molar-refractivity contribution is 5.93. The molecule has 0 bridgehead atoms. The van der Waals surface area contributed by atoms with Crippen molar-refractivity contribution in [3.8, 4) is 0 Å². The van der Waals surface area contributed by atoms with Crippen molar-refractivity contribution in [3.63, 3.8) is 0 Å². The van der Waals surface area contributed by atoms with E-state index in [1.54, 1.807) is 24.3 Å². The Labute approximate surface area is 207 Å². The van der Waals surface area contributed by atoms with Crippen molar-refractivity contribution in [1.82, 2.24) is 5.32 Å². The number of aliphatic hydroxyl groups is 1. The van der Waals surface area contributed by atoms with E-state index in [0.29, 0.717) is 23.7 Å². The van der Waals surface area contributed by atoms with Crippen LogP contribution in [0.1, 0.15) is 39.7 Å². The molecule has 0 fully saturated rings. The van der Waals surface area contributed by atoms with Crippen LogP contribution in [0.5, 0.6) is 0 Å². The maximum atomic E-state index is 13.8. The Morgan fingerprint density at radius 2 is 1.77 bits per heavy atom. The second kappa shape index (κ2) is 11.7.